The first-order valence-electron chi connectivity index (χ1n) is 5.59. The van der Waals surface area contributed by atoms with Crippen molar-refractivity contribution in [3.63, 3.8) is 0 Å². The predicted octanol–water partition coefficient (Wildman–Crippen LogP) is 2.06. The zero-order valence-corrected chi connectivity index (χ0v) is 10.0. The Hall–Kier alpha value is -1.68. The third-order valence-electron chi connectivity index (χ3n) is 2.83. The van der Waals surface area contributed by atoms with E-state index >= 15 is 0 Å². The Labute approximate surface area is 100 Å². The molecule has 4 heteroatoms. The SMILES string of the molecule is CNC(Cc1ccc(F)cc1)c1cnn(C)c1. The van der Waals surface area contributed by atoms with Gasteiger partial charge in [-0.25, -0.2) is 4.39 Å². The third kappa shape index (κ3) is 2.91. The van der Waals surface area contributed by atoms with Gasteiger partial charge in [-0.2, -0.15) is 5.10 Å². The molecule has 0 bridgehead atoms. The van der Waals surface area contributed by atoms with Crippen molar-refractivity contribution in [2.45, 2.75) is 12.5 Å². The summed E-state index contributed by atoms with van der Waals surface area (Å²) in [5, 5.41) is 7.41. The van der Waals surface area contributed by atoms with Crippen LogP contribution < -0.4 is 5.32 Å². The van der Waals surface area contributed by atoms with Crippen molar-refractivity contribution in [2.24, 2.45) is 7.05 Å². The molecule has 0 radical (unpaired) electrons. The van der Waals surface area contributed by atoms with Gasteiger partial charge in [-0.1, -0.05) is 12.1 Å². The first-order chi connectivity index (χ1) is 8.19. The van der Waals surface area contributed by atoms with Crippen LogP contribution in [0, 0.1) is 5.82 Å². The molecule has 1 atom stereocenters. The van der Waals surface area contributed by atoms with Crippen LogP contribution >= 0.6 is 0 Å². The van der Waals surface area contributed by atoms with Gasteiger partial charge in [-0.05, 0) is 31.2 Å². The van der Waals surface area contributed by atoms with Crippen molar-refractivity contribution in [1.29, 1.82) is 0 Å². The molecular formula is C13H16FN3. The molecule has 2 rings (SSSR count). The van der Waals surface area contributed by atoms with Crippen molar-refractivity contribution in [3.05, 3.63) is 53.6 Å². The standard InChI is InChI=1S/C13H16FN3/c1-15-13(11-8-16-17(2)9-11)7-10-3-5-12(14)6-4-10/h3-6,8-9,13,15H,7H2,1-2H3. The van der Waals surface area contributed by atoms with Crippen LogP contribution in [0.15, 0.2) is 36.7 Å². The molecular weight excluding hydrogens is 217 g/mol. The Balaban J connectivity index is 2.12. The highest BCUT2D eigenvalue weighted by Crippen LogP contribution is 2.17. The van der Waals surface area contributed by atoms with E-state index in [4.69, 9.17) is 0 Å². The molecule has 3 nitrogen and oxygen atoms in total. The molecule has 0 spiro atoms. The number of hydrogen-bond donors (Lipinski definition) is 1. The van der Waals surface area contributed by atoms with E-state index in [1.807, 2.05) is 38.6 Å². The van der Waals surface area contributed by atoms with Gasteiger partial charge in [0.05, 0.1) is 6.20 Å². The zero-order chi connectivity index (χ0) is 12.3. The fourth-order valence-electron chi connectivity index (χ4n) is 1.86. The maximum absolute atomic E-state index is 12.8. The fourth-order valence-corrected chi connectivity index (χ4v) is 1.86. The highest BCUT2D eigenvalue weighted by atomic mass is 19.1. The number of aromatic nitrogens is 2. The van der Waals surface area contributed by atoms with Gasteiger partial charge in [0.2, 0.25) is 0 Å². The van der Waals surface area contributed by atoms with Gasteiger partial charge in [0.15, 0.2) is 0 Å². The van der Waals surface area contributed by atoms with Crippen molar-refractivity contribution >= 4 is 0 Å². The highest BCUT2D eigenvalue weighted by Gasteiger charge is 2.11. The summed E-state index contributed by atoms with van der Waals surface area (Å²) in [6.45, 7) is 0. The predicted molar refractivity (Wildman–Crippen MR) is 65.1 cm³/mol. The van der Waals surface area contributed by atoms with Gasteiger partial charge >= 0.3 is 0 Å². The van der Waals surface area contributed by atoms with Gasteiger partial charge in [0, 0.05) is 24.8 Å². The number of nitrogens with zero attached hydrogens (tertiary/aromatic N) is 2. The van der Waals surface area contributed by atoms with Gasteiger partial charge in [-0.3, -0.25) is 4.68 Å². The number of benzene rings is 1. The minimum Gasteiger partial charge on any atom is -0.313 e. The normalized spacial score (nSPS) is 12.6. The maximum atomic E-state index is 12.8. The van der Waals surface area contributed by atoms with Crippen LogP contribution in [0.3, 0.4) is 0 Å². The monoisotopic (exact) mass is 233 g/mol. The van der Waals surface area contributed by atoms with Gasteiger partial charge < -0.3 is 5.32 Å². The quantitative estimate of drug-likeness (QED) is 0.876. The molecule has 0 aliphatic rings. The zero-order valence-electron chi connectivity index (χ0n) is 10.0. The molecule has 1 aromatic heterocycles. The number of nitrogens with one attached hydrogen (secondary N) is 1. The summed E-state index contributed by atoms with van der Waals surface area (Å²) in [6, 6.07) is 6.82. The van der Waals surface area contributed by atoms with E-state index < -0.39 is 0 Å². The number of rotatable bonds is 4. The molecule has 17 heavy (non-hydrogen) atoms. The van der Waals surface area contributed by atoms with Gasteiger partial charge in [-0.15, -0.1) is 0 Å². The van der Waals surface area contributed by atoms with Gasteiger partial charge in [0.1, 0.15) is 5.82 Å². The Bertz CT molecular complexity index is 476. The minimum absolute atomic E-state index is 0.198. The van der Waals surface area contributed by atoms with Crippen molar-refractivity contribution < 1.29 is 4.39 Å². The molecule has 1 N–H and O–H groups in total. The fraction of sp³-hybridized carbons (Fsp3) is 0.308. The molecule has 1 unspecified atom stereocenters. The molecule has 0 aliphatic carbocycles. The molecule has 1 heterocycles. The summed E-state index contributed by atoms with van der Waals surface area (Å²) in [7, 11) is 3.81. The van der Waals surface area contributed by atoms with Crippen LogP contribution in [-0.4, -0.2) is 16.8 Å². The summed E-state index contributed by atoms with van der Waals surface area (Å²) in [4.78, 5) is 0. The Morgan fingerprint density at radius 2 is 2.06 bits per heavy atom. The van der Waals surface area contributed by atoms with E-state index in [0.717, 1.165) is 17.5 Å². The number of halogens is 1. The van der Waals surface area contributed by atoms with Crippen LogP contribution in [0.5, 0.6) is 0 Å². The molecule has 0 fully saturated rings. The summed E-state index contributed by atoms with van der Waals surface area (Å²) < 4.78 is 14.6. The Morgan fingerprint density at radius 1 is 1.35 bits per heavy atom. The van der Waals surface area contributed by atoms with Crippen LogP contribution in [0.2, 0.25) is 0 Å². The van der Waals surface area contributed by atoms with Crippen molar-refractivity contribution in [1.82, 2.24) is 15.1 Å². The van der Waals surface area contributed by atoms with E-state index in [9.17, 15) is 4.39 Å². The summed E-state index contributed by atoms with van der Waals surface area (Å²) in [5.41, 5.74) is 2.24. The van der Waals surface area contributed by atoms with Crippen LogP contribution in [0.4, 0.5) is 4.39 Å². The summed E-state index contributed by atoms with van der Waals surface area (Å²) in [5.74, 6) is -0.198. The smallest absolute Gasteiger partial charge is 0.123 e. The number of likely N-dealkylation sites (N-methyl/N-ethyl adjacent to an activating group) is 1. The summed E-state index contributed by atoms with van der Waals surface area (Å²) >= 11 is 0. The summed E-state index contributed by atoms with van der Waals surface area (Å²) in [6.07, 6.45) is 4.66. The topological polar surface area (TPSA) is 29.9 Å². The minimum atomic E-state index is -0.198. The molecule has 0 amide bonds. The molecule has 90 valence electrons. The lowest BCUT2D eigenvalue weighted by Gasteiger charge is -2.14. The molecule has 0 saturated carbocycles. The van der Waals surface area contributed by atoms with E-state index in [1.165, 1.54) is 12.1 Å². The Kier molecular flexibility index (Phi) is 3.54. The second kappa shape index (κ2) is 5.10. The first kappa shape index (κ1) is 11.8. The van der Waals surface area contributed by atoms with E-state index in [0.29, 0.717) is 0 Å². The lowest BCUT2D eigenvalue weighted by Crippen LogP contribution is -2.18. The Morgan fingerprint density at radius 3 is 2.59 bits per heavy atom. The largest absolute Gasteiger partial charge is 0.313 e. The molecule has 2 aromatic rings. The number of aryl methyl sites for hydroxylation is 1. The lowest BCUT2D eigenvalue weighted by atomic mass is 10.0. The average molecular weight is 233 g/mol. The second-order valence-corrected chi connectivity index (χ2v) is 4.12. The van der Waals surface area contributed by atoms with Crippen molar-refractivity contribution in [2.75, 3.05) is 7.05 Å². The second-order valence-electron chi connectivity index (χ2n) is 4.12. The maximum Gasteiger partial charge on any atom is 0.123 e. The van der Waals surface area contributed by atoms with Crippen LogP contribution in [0.1, 0.15) is 17.2 Å². The van der Waals surface area contributed by atoms with Crippen molar-refractivity contribution in [3.8, 4) is 0 Å². The van der Waals surface area contributed by atoms with Crippen LogP contribution in [-0.2, 0) is 13.5 Å². The van der Waals surface area contributed by atoms with Crippen LogP contribution in [0.25, 0.3) is 0 Å². The molecule has 0 aliphatic heterocycles. The lowest BCUT2D eigenvalue weighted by molar-refractivity contribution is 0.588. The van der Waals surface area contributed by atoms with E-state index in [2.05, 4.69) is 10.4 Å². The average Bonchev–Trinajstić information content (AvgIpc) is 2.75. The first-order valence-corrected chi connectivity index (χ1v) is 5.59. The van der Waals surface area contributed by atoms with Gasteiger partial charge in [0.25, 0.3) is 0 Å². The molecule has 1 aromatic carbocycles. The van der Waals surface area contributed by atoms with E-state index in [-0.39, 0.29) is 11.9 Å². The highest BCUT2D eigenvalue weighted by molar-refractivity contribution is 5.21. The molecule has 0 saturated heterocycles. The third-order valence-corrected chi connectivity index (χ3v) is 2.83. The number of hydrogen-bond acceptors (Lipinski definition) is 2. The van der Waals surface area contributed by atoms with E-state index in [1.54, 1.807) is 4.68 Å².